The summed E-state index contributed by atoms with van der Waals surface area (Å²) in [5.74, 6) is 0.841. The minimum atomic E-state index is -0.485. The van der Waals surface area contributed by atoms with Crippen LogP contribution in [0.5, 0.6) is 5.75 Å². The van der Waals surface area contributed by atoms with Crippen LogP contribution in [0.15, 0.2) is 12.1 Å². The molecular weight excluding hydrogens is 238 g/mol. The van der Waals surface area contributed by atoms with Gasteiger partial charge in [-0.05, 0) is 57.9 Å². The Balaban J connectivity index is 2.61. The van der Waals surface area contributed by atoms with Crippen LogP contribution in [0.25, 0.3) is 6.08 Å². The number of benzene rings is 1. The molecule has 1 aromatic rings. The van der Waals surface area contributed by atoms with Crippen LogP contribution in [0.4, 0.5) is 0 Å². The number of hydrogen-bond donors (Lipinski definition) is 1. The molecule has 0 saturated heterocycles. The maximum Gasteiger partial charge on any atom is 0.179 e. The Labute approximate surface area is 114 Å². The first-order chi connectivity index (χ1) is 8.73. The first kappa shape index (κ1) is 13.8. The van der Waals surface area contributed by atoms with Gasteiger partial charge in [0.15, 0.2) is 5.78 Å². The Morgan fingerprint density at radius 2 is 2.00 bits per heavy atom. The van der Waals surface area contributed by atoms with Crippen LogP contribution in [0.3, 0.4) is 0 Å². The van der Waals surface area contributed by atoms with Crippen molar-refractivity contribution in [2.75, 3.05) is 0 Å². The largest absolute Gasteiger partial charge is 0.483 e. The van der Waals surface area contributed by atoms with Crippen LogP contribution < -0.4 is 10.5 Å². The van der Waals surface area contributed by atoms with E-state index in [1.54, 1.807) is 6.92 Å². The average Bonchev–Trinajstić information content (AvgIpc) is 2.31. The second kappa shape index (κ2) is 4.49. The Kier molecular flexibility index (Phi) is 3.27. The molecule has 1 aliphatic rings. The lowest BCUT2D eigenvalue weighted by molar-refractivity contribution is 0.0967. The molecule has 1 aliphatic heterocycles. The fourth-order valence-electron chi connectivity index (χ4n) is 2.34. The van der Waals surface area contributed by atoms with Crippen LogP contribution in [-0.4, -0.2) is 17.4 Å². The molecule has 1 atom stereocenters. The van der Waals surface area contributed by atoms with Crippen molar-refractivity contribution in [3.8, 4) is 5.75 Å². The molecule has 0 aromatic heterocycles. The summed E-state index contributed by atoms with van der Waals surface area (Å²) in [5, 5.41) is 0. The Morgan fingerprint density at radius 1 is 1.37 bits per heavy atom. The lowest BCUT2D eigenvalue weighted by Gasteiger charge is -2.30. The van der Waals surface area contributed by atoms with E-state index in [1.165, 1.54) is 0 Å². The second-order valence-electron chi connectivity index (χ2n) is 5.80. The molecule has 102 valence electrons. The number of aryl methyl sites for hydroxylation is 1. The predicted octanol–water partition coefficient (Wildman–Crippen LogP) is 3.02. The van der Waals surface area contributed by atoms with Gasteiger partial charge in [0.05, 0.1) is 6.04 Å². The van der Waals surface area contributed by atoms with E-state index < -0.39 is 6.04 Å². The zero-order valence-corrected chi connectivity index (χ0v) is 12.2. The fourth-order valence-corrected chi connectivity index (χ4v) is 2.34. The van der Waals surface area contributed by atoms with E-state index in [-0.39, 0.29) is 11.4 Å². The van der Waals surface area contributed by atoms with Crippen LogP contribution in [0.2, 0.25) is 0 Å². The second-order valence-corrected chi connectivity index (χ2v) is 5.80. The van der Waals surface area contributed by atoms with Gasteiger partial charge in [-0.2, -0.15) is 0 Å². The van der Waals surface area contributed by atoms with Crippen LogP contribution in [0.1, 0.15) is 47.8 Å². The third-order valence-corrected chi connectivity index (χ3v) is 3.47. The topological polar surface area (TPSA) is 52.3 Å². The minimum Gasteiger partial charge on any atom is -0.483 e. The summed E-state index contributed by atoms with van der Waals surface area (Å²) in [6.07, 6.45) is 4.06. The monoisotopic (exact) mass is 259 g/mol. The molecule has 1 unspecified atom stereocenters. The zero-order valence-electron chi connectivity index (χ0n) is 12.2. The minimum absolute atomic E-state index is 0.0263. The summed E-state index contributed by atoms with van der Waals surface area (Å²) in [5.41, 5.74) is 9.00. The Bertz CT molecular complexity index is 569. The summed E-state index contributed by atoms with van der Waals surface area (Å²) in [6.45, 7) is 9.65. The molecule has 0 radical (unpaired) electrons. The van der Waals surface area contributed by atoms with Gasteiger partial charge >= 0.3 is 0 Å². The van der Waals surface area contributed by atoms with E-state index in [1.807, 2.05) is 45.9 Å². The smallest absolute Gasteiger partial charge is 0.179 e. The molecule has 0 aliphatic carbocycles. The molecule has 0 bridgehead atoms. The number of hydrogen-bond acceptors (Lipinski definition) is 3. The molecule has 3 nitrogen and oxygen atoms in total. The highest BCUT2D eigenvalue weighted by atomic mass is 16.5. The fraction of sp³-hybridized carbons (Fsp3) is 0.438. The number of carbonyl (C=O) groups is 1. The van der Waals surface area contributed by atoms with Gasteiger partial charge in [-0.1, -0.05) is 6.08 Å². The number of ketones is 1. The maximum atomic E-state index is 12.1. The number of ether oxygens (including phenoxy) is 1. The van der Waals surface area contributed by atoms with E-state index >= 15 is 0 Å². The number of carbonyl (C=O) groups excluding carboxylic acids is 1. The zero-order chi connectivity index (χ0) is 14.4. The number of rotatable bonds is 2. The Hall–Kier alpha value is -1.61. The van der Waals surface area contributed by atoms with Crippen molar-refractivity contribution in [2.24, 2.45) is 5.73 Å². The lowest BCUT2D eigenvalue weighted by atomic mass is 9.90. The molecule has 0 saturated carbocycles. The first-order valence-corrected chi connectivity index (χ1v) is 6.55. The number of fused-ring (bicyclic) bond motifs is 1. The SMILES string of the molecule is Cc1cc(C(=O)C(C)N)c(C)c2c1OC(C)(C)C=C2. The predicted molar refractivity (Wildman–Crippen MR) is 77.6 cm³/mol. The van der Waals surface area contributed by atoms with Crippen molar-refractivity contribution in [1.82, 2.24) is 0 Å². The molecule has 3 heteroatoms. The average molecular weight is 259 g/mol. The molecule has 1 heterocycles. The van der Waals surface area contributed by atoms with Crippen molar-refractivity contribution in [2.45, 2.75) is 46.3 Å². The molecule has 0 amide bonds. The van der Waals surface area contributed by atoms with Gasteiger partial charge in [-0.15, -0.1) is 0 Å². The van der Waals surface area contributed by atoms with Gasteiger partial charge in [-0.3, -0.25) is 4.79 Å². The van der Waals surface area contributed by atoms with Crippen molar-refractivity contribution in [1.29, 1.82) is 0 Å². The van der Waals surface area contributed by atoms with E-state index in [2.05, 4.69) is 0 Å². The molecule has 19 heavy (non-hydrogen) atoms. The van der Waals surface area contributed by atoms with E-state index in [9.17, 15) is 4.79 Å². The molecular formula is C16H21NO2. The third-order valence-electron chi connectivity index (χ3n) is 3.47. The standard InChI is InChI=1S/C16H21NO2/c1-9-8-13(14(18)11(3)17)10(2)12-6-7-16(4,5)19-15(9)12/h6-8,11H,17H2,1-5H3. The van der Waals surface area contributed by atoms with Gasteiger partial charge in [-0.25, -0.2) is 0 Å². The first-order valence-electron chi connectivity index (χ1n) is 6.55. The summed E-state index contributed by atoms with van der Waals surface area (Å²) in [6, 6.07) is 1.40. The summed E-state index contributed by atoms with van der Waals surface area (Å²) in [4.78, 5) is 12.1. The lowest BCUT2D eigenvalue weighted by Crippen LogP contribution is -2.30. The summed E-state index contributed by atoms with van der Waals surface area (Å²) >= 11 is 0. The van der Waals surface area contributed by atoms with Gasteiger partial charge in [0.1, 0.15) is 11.4 Å². The molecule has 1 aromatic carbocycles. The molecule has 2 rings (SSSR count). The maximum absolute atomic E-state index is 12.1. The highest BCUT2D eigenvalue weighted by Gasteiger charge is 2.26. The van der Waals surface area contributed by atoms with Crippen molar-refractivity contribution < 1.29 is 9.53 Å². The highest BCUT2D eigenvalue weighted by molar-refractivity contribution is 6.02. The van der Waals surface area contributed by atoms with Crippen LogP contribution in [-0.2, 0) is 0 Å². The van der Waals surface area contributed by atoms with Crippen LogP contribution >= 0.6 is 0 Å². The highest BCUT2D eigenvalue weighted by Crippen LogP contribution is 2.37. The van der Waals surface area contributed by atoms with Gasteiger partial charge in [0.25, 0.3) is 0 Å². The molecule has 0 fully saturated rings. The van der Waals surface area contributed by atoms with Gasteiger partial charge in [0, 0.05) is 11.1 Å². The van der Waals surface area contributed by atoms with Gasteiger partial charge < -0.3 is 10.5 Å². The Morgan fingerprint density at radius 3 is 2.58 bits per heavy atom. The van der Waals surface area contributed by atoms with E-state index in [0.29, 0.717) is 5.56 Å². The van der Waals surface area contributed by atoms with Crippen molar-refractivity contribution >= 4 is 11.9 Å². The summed E-state index contributed by atoms with van der Waals surface area (Å²) < 4.78 is 6.00. The normalized spacial score (nSPS) is 17.6. The third kappa shape index (κ3) is 2.43. The van der Waals surface area contributed by atoms with E-state index in [4.69, 9.17) is 10.5 Å². The van der Waals surface area contributed by atoms with E-state index in [0.717, 1.165) is 22.4 Å². The number of Topliss-reactive ketones (excluding diaryl/α,β-unsaturated/α-hetero) is 1. The molecule has 2 N–H and O–H groups in total. The molecule has 0 spiro atoms. The number of nitrogens with two attached hydrogens (primary N) is 1. The quantitative estimate of drug-likeness (QED) is 0.831. The summed E-state index contributed by atoms with van der Waals surface area (Å²) in [7, 11) is 0. The van der Waals surface area contributed by atoms with Crippen LogP contribution in [0, 0.1) is 13.8 Å². The van der Waals surface area contributed by atoms with Crippen molar-refractivity contribution in [3.05, 3.63) is 34.4 Å². The van der Waals surface area contributed by atoms with Gasteiger partial charge in [0.2, 0.25) is 0 Å². The van der Waals surface area contributed by atoms with Crippen molar-refractivity contribution in [3.63, 3.8) is 0 Å².